The quantitative estimate of drug-likeness (QED) is 0.653. The summed E-state index contributed by atoms with van der Waals surface area (Å²) in [6, 6.07) is 11.9. The van der Waals surface area contributed by atoms with Gasteiger partial charge in [0.25, 0.3) is 0 Å². The Morgan fingerprint density at radius 3 is 2.47 bits per heavy atom. The molecule has 2 aromatic rings. The number of phenolic OH excluding ortho intramolecular Hbond substituents is 1. The maximum absolute atomic E-state index is 12.1. The molecule has 17 heavy (non-hydrogen) atoms. The molecular formula is C13H8ClIO2. The second-order valence-electron chi connectivity index (χ2n) is 3.48. The average molecular weight is 359 g/mol. The van der Waals surface area contributed by atoms with Gasteiger partial charge >= 0.3 is 0 Å². The van der Waals surface area contributed by atoms with Crippen LogP contribution in [0.25, 0.3) is 0 Å². The van der Waals surface area contributed by atoms with Crippen LogP contribution in [-0.2, 0) is 0 Å². The van der Waals surface area contributed by atoms with Crippen LogP contribution in [0, 0.1) is 3.57 Å². The Balaban J connectivity index is 2.52. The molecule has 0 amide bonds. The highest BCUT2D eigenvalue weighted by molar-refractivity contribution is 14.1. The molecule has 0 atom stereocenters. The minimum absolute atomic E-state index is 0.0242. The Hall–Kier alpha value is -1.07. The summed E-state index contributed by atoms with van der Waals surface area (Å²) in [5.74, 6) is -0.257. The number of ketones is 1. The first-order valence-corrected chi connectivity index (χ1v) is 6.33. The van der Waals surface area contributed by atoms with Gasteiger partial charge in [0.1, 0.15) is 5.75 Å². The maximum atomic E-state index is 12.1. The van der Waals surface area contributed by atoms with Crippen molar-refractivity contribution in [2.24, 2.45) is 0 Å². The number of benzene rings is 2. The van der Waals surface area contributed by atoms with E-state index in [0.717, 1.165) is 0 Å². The zero-order chi connectivity index (χ0) is 12.4. The molecule has 86 valence electrons. The third kappa shape index (κ3) is 2.61. The van der Waals surface area contributed by atoms with Gasteiger partial charge in [0.15, 0.2) is 5.78 Å². The van der Waals surface area contributed by atoms with Crippen LogP contribution in [0.1, 0.15) is 15.9 Å². The second kappa shape index (κ2) is 5.06. The summed E-state index contributed by atoms with van der Waals surface area (Å²) in [6.07, 6.45) is 0. The molecule has 0 aliphatic carbocycles. The lowest BCUT2D eigenvalue weighted by Gasteiger charge is -2.06. The number of carbonyl (C=O) groups is 1. The van der Waals surface area contributed by atoms with E-state index in [0.29, 0.717) is 14.2 Å². The van der Waals surface area contributed by atoms with Gasteiger partial charge in [-0.15, -0.1) is 0 Å². The molecule has 0 saturated carbocycles. The van der Waals surface area contributed by atoms with E-state index in [9.17, 15) is 9.90 Å². The van der Waals surface area contributed by atoms with E-state index >= 15 is 0 Å². The van der Waals surface area contributed by atoms with Crippen molar-refractivity contribution in [3.8, 4) is 5.75 Å². The van der Waals surface area contributed by atoms with Crippen LogP contribution in [0.5, 0.6) is 5.75 Å². The smallest absolute Gasteiger partial charge is 0.196 e. The van der Waals surface area contributed by atoms with Gasteiger partial charge < -0.3 is 5.11 Å². The highest BCUT2D eigenvalue weighted by Gasteiger charge is 2.16. The average Bonchev–Trinajstić information content (AvgIpc) is 2.34. The van der Waals surface area contributed by atoms with Crippen molar-refractivity contribution < 1.29 is 9.90 Å². The monoisotopic (exact) mass is 358 g/mol. The summed E-state index contributed by atoms with van der Waals surface area (Å²) in [5.41, 5.74) is 0.758. The molecule has 0 bridgehead atoms. The molecule has 2 aromatic carbocycles. The third-order valence-corrected chi connectivity index (χ3v) is 3.35. The van der Waals surface area contributed by atoms with Crippen LogP contribution < -0.4 is 0 Å². The zero-order valence-corrected chi connectivity index (χ0v) is 11.6. The lowest BCUT2D eigenvalue weighted by Crippen LogP contribution is -2.02. The fourth-order valence-electron chi connectivity index (χ4n) is 1.48. The first-order valence-electron chi connectivity index (χ1n) is 4.87. The standard InChI is InChI=1S/C13H8ClIO2/c14-9-6-10(13(17)11(15)7-9)12(16)8-4-2-1-3-5-8/h1-7,17H. The van der Waals surface area contributed by atoms with Crippen LogP contribution in [-0.4, -0.2) is 10.9 Å². The molecule has 0 fully saturated rings. The molecule has 1 N–H and O–H groups in total. The third-order valence-electron chi connectivity index (χ3n) is 2.31. The first-order chi connectivity index (χ1) is 8.09. The van der Waals surface area contributed by atoms with E-state index in [-0.39, 0.29) is 17.1 Å². The van der Waals surface area contributed by atoms with Gasteiger partial charge in [0.2, 0.25) is 0 Å². The predicted molar refractivity (Wildman–Crippen MR) is 75.7 cm³/mol. The molecule has 0 radical (unpaired) electrons. The largest absolute Gasteiger partial charge is 0.506 e. The fraction of sp³-hybridized carbons (Fsp3) is 0. The number of hydrogen-bond acceptors (Lipinski definition) is 2. The zero-order valence-electron chi connectivity index (χ0n) is 8.65. The SMILES string of the molecule is O=C(c1ccccc1)c1cc(Cl)cc(I)c1O. The number of hydrogen-bond donors (Lipinski definition) is 1. The lowest BCUT2D eigenvalue weighted by atomic mass is 10.0. The molecule has 2 rings (SSSR count). The topological polar surface area (TPSA) is 37.3 Å². The molecule has 0 aliphatic heterocycles. The van der Waals surface area contributed by atoms with Crippen LogP contribution in [0.4, 0.5) is 0 Å². The van der Waals surface area contributed by atoms with E-state index in [4.69, 9.17) is 11.6 Å². The summed E-state index contributed by atoms with van der Waals surface area (Å²) < 4.78 is 0.564. The van der Waals surface area contributed by atoms with Gasteiger partial charge in [0, 0.05) is 10.6 Å². The number of phenols is 1. The molecule has 4 heteroatoms. The van der Waals surface area contributed by atoms with Crippen molar-refractivity contribution in [1.82, 2.24) is 0 Å². The van der Waals surface area contributed by atoms with Crippen molar-refractivity contribution in [2.75, 3.05) is 0 Å². The van der Waals surface area contributed by atoms with Gasteiger partial charge in [-0.05, 0) is 34.7 Å². The van der Waals surface area contributed by atoms with E-state index in [1.807, 2.05) is 28.7 Å². The van der Waals surface area contributed by atoms with E-state index in [1.54, 1.807) is 30.3 Å². The fourth-order valence-corrected chi connectivity index (χ4v) is 2.51. The van der Waals surface area contributed by atoms with E-state index in [2.05, 4.69) is 0 Å². The lowest BCUT2D eigenvalue weighted by molar-refractivity contribution is 0.103. The highest BCUT2D eigenvalue weighted by Crippen LogP contribution is 2.29. The van der Waals surface area contributed by atoms with Crippen molar-refractivity contribution >= 4 is 40.0 Å². The van der Waals surface area contributed by atoms with Gasteiger partial charge in [-0.25, -0.2) is 0 Å². The van der Waals surface area contributed by atoms with Crippen LogP contribution in [0.3, 0.4) is 0 Å². The van der Waals surface area contributed by atoms with Crippen molar-refractivity contribution in [2.45, 2.75) is 0 Å². The number of carbonyl (C=O) groups excluding carboxylic acids is 1. The molecule has 0 aliphatic rings. The van der Waals surface area contributed by atoms with Gasteiger partial charge in [-0.1, -0.05) is 41.9 Å². The minimum atomic E-state index is -0.233. The first kappa shape index (κ1) is 12.4. The summed E-state index contributed by atoms with van der Waals surface area (Å²) >= 11 is 7.83. The Labute approximate surface area is 117 Å². The molecule has 0 spiro atoms. The minimum Gasteiger partial charge on any atom is -0.506 e. The van der Waals surface area contributed by atoms with Crippen LogP contribution in [0.15, 0.2) is 42.5 Å². The molecule has 2 nitrogen and oxygen atoms in total. The Morgan fingerprint density at radius 2 is 1.82 bits per heavy atom. The Morgan fingerprint density at radius 1 is 1.18 bits per heavy atom. The molecule has 0 saturated heterocycles. The number of rotatable bonds is 2. The molecular weight excluding hydrogens is 350 g/mol. The summed E-state index contributed by atoms with van der Waals surface area (Å²) in [5, 5.41) is 10.3. The molecule has 0 unspecified atom stereocenters. The summed E-state index contributed by atoms with van der Waals surface area (Å²) in [6.45, 7) is 0. The van der Waals surface area contributed by atoms with Crippen LogP contribution >= 0.6 is 34.2 Å². The van der Waals surface area contributed by atoms with Crippen molar-refractivity contribution in [1.29, 1.82) is 0 Å². The molecule has 0 aromatic heterocycles. The normalized spacial score (nSPS) is 10.2. The predicted octanol–water partition coefficient (Wildman–Crippen LogP) is 3.88. The van der Waals surface area contributed by atoms with Crippen LogP contribution in [0.2, 0.25) is 5.02 Å². The van der Waals surface area contributed by atoms with E-state index < -0.39 is 0 Å². The van der Waals surface area contributed by atoms with Crippen molar-refractivity contribution in [3.63, 3.8) is 0 Å². The Kier molecular flexibility index (Phi) is 3.69. The van der Waals surface area contributed by atoms with Crippen molar-refractivity contribution in [3.05, 3.63) is 62.2 Å². The van der Waals surface area contributed by atoms with E-state index in [1.165, 1.54) is 6.07 Å². The van der Waals surface area contributed by atoms with Gasteiger partial charge in [-0.2, -0.15) is 0 Å². The van der Waals surface area contributed by atoms with Gasteiger partial charge in [0.05, 0.1) is 9.13 Å². The number of halogens is 2. The number of aromatic hydroxyl groups is 1. The summed E-state index contributed by atoms with van der Waals surface area (Å²) in [7, 11) is 0. The second-order valence-corrected chi connectivity index (χ2v) is 5.08. The highest BCUT2D eigenvalue weighted by atomic mass is 127. The molecule has 0 heterocycles. The maximum Gasteiger partial charge on any atom is 0.196 e. The Bertz CT molecular complexity index is 567. The van der Waals surface area contributed by atoms with Gasteiger partial charge in [-0.3, -0.25) is 4.79 Å². The summed E-state index contributed by atoms with van der Waals surface area (Å²) in [4.78, 5) is 12.1.